The van der Waals surface area contributed by atoms with Crippen LogP contribution in [-0.4, -0.2) is 26.3 Å². The van der Waals surface area contributed by atoms with E-state index < -0.39 is 10.0 Å². The summed E-state index contributed by atoms with van der Waals surface area (Å²) in [6.07, 6.45) is 3.31. The molecule has 0 fully saturated rings. The molecule has 0 aliphatic rings. The van der Waals surface area contributed by atoms with Gasteiger partial charge in [0.15, 0.2) is 0 Å². The fourth-order valence-corrected chi connectivity index (χ4v) is 3.14. The molecular formula is C16H18N2O3S2. The van der Waals surface area contributed by atoms with Gasteiger partial charge in [-0.2, -0.15) is 0 Å². The molecule has 1 atom stereocenters. The van der Waals surface area contributed by atoms with Crippen molar-refractivity contribution in [3.8, 4) is 0 Å². The smallest absolute Gasteiger partial charge is 0.246 e. The normalized spacial score (nSPS) is 13.2. The third kappa shape index (κ3) is 4.51. The third-order valence-electron chi connectivity index (χ3n) is 3.55. The average Bonchev–Trinajstić information content (AvgIpc) is 3.04. The topological polar surface area (TPSA) is 80.5 Å². The molecule has 0 saturated heterocycles. The van der Waals surface area contributed by atoms with E-state index in [4.69, 9.17) is 5.14 Å². The average molecular weight is 350 g/mol. The number of rotatable bonds is 5. The Kier molecular flexibility index (Phi) is 5.35. The summed E-state index contributed by atoms with van der Waals surface area (Å²) in [5, 5.41) is 7.02. The number of hydrogen-bond donors (Lipinski definition) is 1. The van der Waals surface area contributed by atoms with Crippen molar-refractivity contribution in [2.75, 3.05) is 7.05 Å². The van der Waals surface area contributed by atoms with Gasteiger partial charge in [0, 0.05) is 18.0 Å². The van der Waals surface area contributed by atoms with Crippen molar-refractivity contribution in [2.24, 2.45) is 5.14 Å². The zero-order valence-electron chi connectivity index (χ0n) is 12.8. The molecule has 7 heteroatoms. The number of carbonyl (C=O) groups excluding carboxylic acids is 1. The van der Waals surface area contributed by atoms with Gasteiger partial charge < -0.3 is 4.90 Å². The first-order chi connectivity index (χ1) is 10.8. The minimum absolute atomic E-state index is 0.0556. The van der Waals surface area contributed by atoms with Gasteiger partial charge in [0.2, 0.25) is 15.9 Å². The molecule has 0 bridgehead atoms. The number of nitrogens with zero attached hydrogens (tertiary/aromatic N) is 1. The molecule has 5 nitrogen and oxygen atoms in total. The summed E-state index contributed by atoms with van der Waals surface area (Å²) >= 11 is 1.56. The van der Waals surface area contributed by atoms with E-state index in [1.807, 2.05) is 24.4 Å². The molecule has 1 heterocycles. The van der Waals surface area contributed by atoms with Gasteiger partial charge in [-0.05, 0) is 42.1 Å². The summed E-state index contributed by atoms with van der Waals surface area (Å²) in [5.41, 5.74) is 0.831. The molecule has 1 amide bonds. The van der Waals surface area contributed by atoms with Crippen LogP contribution in [0.1, 0.15) is 23.4 Å². The maximum atomic E-state index is 12.2. The largest absolute Gasteiger partial charge is 0.335 e. The lowest BCUT2D eigenvalue weighted by Crippen LogP contribution is -2.28. The Hall–Kier alpha value is -1.96. The lowest BCUT2D eigenvalue weighted by molar-refractivity contribution is -0.126. The number of carbonyl (C=O) groups is 1. The third-order valence-corrected chi connectivity index (χ3v) is 5.32. The van der Waals surface area contributed by atoms with Crippen molar-refractivity contribution < 1.29 is 13.2 Å². The van der Waals surface area contributed by atoms with Crippen LogP contribution >= 0.6 is 11.3 Å². The van der Waals surface area contributed by atoms with Gasteiger partial charge >= 0.3 is 0 Å². The van der Waals surface area contributed by atoms with Gasteiger partial charge in [0.1, 0.15) is 0 Å². The fourth-order valence-electron chi connectivity index (χ4n) is 2.01. The Morgan fingerprint density at radius 3 is 2.43 bits per heavy atom. The summed E-state index contributed by atoms with van der Waals surface area (Å²) in [4.78, 5) is 14.9. The number of amides is 1. The van der Waals surface area contributed by atoms with Gasteiger partial charge in [0.05, 0.1) is 10.9 Å². The standard InChI is InChI=1S/C16H18N2O3S2/c1-12(13-5-8-15(9-6-13)23(17,20)21)18(2)16(19)10-7-14-4-3-11-22-14/h3-12H,1-2H3,(H2,17,20,21)/b10-7+. The van der Waals surface area contributed by atoms with Crippen LogP contribution in [-0.2, 0) is 14.8 Å². The highest BCUT2D eigenvalue weighted by molar-refractivity contribution is 7.89. The van der Waals surface area contributed by atoms with E-state index in [2.05, 4.69) is 0 Å². The van der Waals surface area contributed by atoms with Crippen molar-refractivity contribution in [3.63, 3.8) is 0 Å². The van der Waals surface area contributed by atoms with Crippen molar-refractivity contribution in [1.82, 2.24) is 4.90 Å². The van der Waals surface area contributed by atoms with Crippen molar-refractivity contribution in [3.05, 3.63) is 58.3 Å². The highest BCUT2D eigenvalue weighted by Gasteiger charge is 2.16. The Balaban J connectivity index is 2.09. The Morgan fingerprint density at radius 2 is 1.91 bits per heavy atom. The van der Waals surface area contributed by atoms with Gasteiger partial charge in [-0.15, -0.1) is 11.3 Å². The molecule has 2 aromatic rings. The highest BCUT2D eigenvalue weighted by Crippen LogP contribution is 2.21. The monoisotopic (exact) mass is 350 g/mol. The van der Waals surface area contributed by atoms with Crippen LogP contribution in [0.25, 0.3) is 6.08 Å². The van der Waals surface area contributed by atoms with E-state index in [0.29, 0.717) is 0 Å². The predicted molar refractivity (Wildman–Crippen MR) is 92.4 cm³/mol. The highest BCUT2D eigenvalue weighted by atomic mass is 32.2. The first-order valence-corrected chi connectivity index (χ1v) is 9.33. The minimum atomic E-state index is -3.71. The Bertz CT molecular complexity index is 794. The van der Waals surface area contributed by atoms with E-state index in [9.17, 15) is 13.2 Å². The van der Waals surface area contributed by atoms with Crippen LogP contribution in [0.15, 0.2) is 52.7 Å². The molecular weight excluding hydrogens is 332 g/mol. The van der Waals surface area contributed by atoms with E-state index in [-0.39, 0.29) is 16.8 Å². The number of primary sulfonamides is 1. The van der Waals surface area contributed by atoms with Crippen LogP contribution in [0.3, 0.4) is 0 Å². The molecule has 2 rings (SSSR count). The van der Waals surface area contributed by atoms with Gasteiger partial charge in [-0.1, -0.05) is 18.2 Å². The number of sulfonamides is 1. The SMILES string of the molecule is CC(c1ccc(S(N)(=O)=O)cc1)N(C)C(=O)/C=C/c1cccs1. The zero-order valence-corrected chi connectivity index (χ0v) is 14.5. The Morgan fingerprint density at radius 1 is 1.26 bits per heavy atom. The summed E-state index contributed by atoms with van der Waals surface area (Å²) in [5.74, 6) is -0.124. The van der Waals surface area contributed by atoms with Crippen LogP contribution in [0.4, 0.5) is 0 Å². The van der Waals surface area contributed by atoms with Gasteiger partial charge in [-0.25, -0.2) is 13.6 Å². The molecule has 0 spiro atoms. The summed E-state index contributed by atoms with van der Waals surface area (Å²) < 4.78 is 22.5. The zero-order chi connectivity index (χ0) is 17.0. The molecule has 1 aromatic heterocycles. The van der Waals surface area contributed by atoms with Crippen molar-refractivity contribution in [2.45, 2.75) is 17.9 Å². The molecule has 0 saturated carbocycles. The lowest BCUT2D eigenvalue weighted by atomic mass is 10.1. The lowest BCUT2D eigenvalue weighted by Gasteiger charge is -2.24. The number of likely N-dealkylation sites (N-methyl/N-ethyl adjacent to an activating group) is 1. The molecule has 1 unspecified atom stereocenters. The van der Waals surface area contributed by atoms with E-state index in [1.54, 1.807) is 41.5 Å². The summed E-state index contributed by atoms with van der Waals surface area (Å²) in [6, 6.07) is 9.89. The predicted octanol–water partition coefficient (Wildman–Crippen LogP) is 2.63. The van der Waals surface area contributed by atoms with Crippen LogP contribution in [0.5, 0.6) is 0 Å². The van der Waals surface area contributed by atoms with Gasteiger partial charge in [0.25, 0.3) is 0 Å². The van der Waals surface area contributed by atoms with Gasteiger partial charge in [-0.3, -0.25) is 4.79 Å². The minimum Gasteiger partial charge on any atom is -0.335 e. The second-order valence-electron chi connectivity index (χ2n) is 5.09. The van der Waals surface area contributed by atoms with E-state index in [0.717, 1.165) is 10.4 Å². The molecule has 0 aliphatic carbocycles. The molecule has 23 heavy (non-hydrogen) atoms. The van der Waals surface area contributed by atoms with Crippen LogP contribution < -0.4 is 5.14 Å². The van der Waals surface area contributed by atoms with Crippen LogP contribution in [0, 0.1) is 0 Å². The summed E-state index contributed by atoms with van der Waals surface area (Å²) in [6.45, 7) is 1.88. The second-order valence-corrected chi connectivity index (χ2v) is 7.63. The molecule has 0 aliphatic heterocycles. The first kappa shape index (κ1) is 17.4. The molecule has 1 aromatic carbocycles. The second kappa shape index (κ2) is 7.08. The molecule has 0 radical (unpaired) electrons. The van der Waals surface area contributed by atoms with E-state index >= 15 is 0 Å². The van der Waals surface area contributed by atoms with Crippen molar-refractivity contribution >= 4 is 33.3 Å². The number of thiophene rings is 1. The first-order valence-electron chi connectivity index (χ1n) is 6.90. The number of hydrogen-bond acceptors (Lipinski definition) is 4. The molecule has 2 N–H and O–H groups in total. The number of nitrogens with two attached hydrogens (primary N) is 1. The van der Waals surface area contributed by atoms with Crippen LogP contribution in [0.2, 0.25) is 0 Å². The van der Waals surface area contributed by atoms with Crippen molar-refractivity contribution in [1.29, 1.82) is 0 Å². The maximum Gasteiger partial charge on any atom is 0.246 e. The fraction of sp³-hybridized carbons (Fsp3) is 0.188. The molecule has 122 valence electrons. The number of benzene rings is 1. The summed E-state index contributed by atoms with van der Waals surface area (Å²) in [7, 11) is -2.00. The Labute approximate surface area is 140 Å². The quantitative estimate of drug-likeness (QED) is 0.842. The maximum absolute atomic E-state index is 12.2. The van der Waals surface area contributed by atoms with E-state index in [1.165, 1.54) is 18.2 Å².